The van der Waals surface area contributed by atoms with Crippen LogP contribution in [0.25, 0.3) is 0 Å². The van der Waals surface area contributed by atoms with Crippen molar-refractivity contribution in [2.24, 2.45) is 0 Å². The average Bonchev–Trinajstić information content (AvgIpc) is 2.80. The summed E-state index contributed by atoms with van der Waals surface area (Å²) in [7, 11) is 0. The quantitative estimate of drug-likeness (QED) is 0.734. The summed E-state index contributed by atoms with van der Waals surface area (Å²) in [5.41, 5.74) is 0. The van der Waals surface area contributed by atoms with Gasteiger partial charge in [0.05, 0.1) is 6.04 Å². The van der Waals surface area contributed by atoms with Crippen molar-refractivity contribution in [2.45, 2.75) is 38.8 Å². The predicted molar refractivity (Wildman–Crippen MR) is 64.3 cm³/mol. The highest BCUT2D eigenvalue weighted by Gasteiger charge is 2.29. The summed E-state index contributed by atoms with van der Waals surface area (Å²) in [5, 5.41) is 3.41. The molecule has 2 atom stereocenters. The molecule has 2 aliphatic rings. The first-order valence-electron chi connectivity index (χ1n) is 6.44. The van der Waals surface area contributed by atoms with Gasteiger partial charge in [-0.15, -0.1) is 0 Å². The van der Waals surface area contributed by atoms with E-state index in [1.165, 1.54) is 12.8 Å². The summed E-state index contributed by atoms with van der Waals surface area (Å²) < 4.78 is 0. The molecule has 0 aromatic rings. The second-order valence-corrected chi connectivity index (χ2v) is 5.06. The zero-order chi connectivity index (χ0) is 11.5. The first-order chi connectivity index (χ1) is 7.68. The van der Waals surface area contributed by atoms with Crippen molar-refractivity contribution < 1.29 is 4.79 Å². The fourth-order valence-electron chi connectivity index (χ4n) is 2.67. The highest BCUT2D eigenvalue weighted by atomic mass is 16.2. The van der Waals surface area contributed by atoms with Gasteiger partial charge < -0.3 is 10.2 Å². The summed E-state index contributed by atoms with van der Waals surface area (Å²) in [6.07, 6.45) is 2.35. The van der Waals surface area contributed by atoms with Gasteiger partial charge in [0.1, 0.15) is 0 Å². The number of hydrogen-bond acceptors (Lipinski definition) is 3. The molecule has 2 saturated heterocycles. The number of likely N-dealkylation sites (tertiary alicyclic amines) is 1. The SMILES string of the molecule is CC(C(=O)N1CCCC1)N1CCN[C@@H](C)C1. The smallest absolute Gasteiger partial charge is 0.239 e. The maximum atomic E-state index is 12.2. The molecule has 4 nitrogen and oxygen atoms in total. The van der Waals surface area contributed by atoms with E-state index in [1.54, 1.807) is 0 Å². The molecule has 2 fully saturated rings. The number of amides is 1. The molecule has 4 heteroatoms. The monoisotopic (exact) mass is 225 g/mol. The highest BCUT2D eigenvalue weighted by molar-refractivity contribution is 5.81. The first kappa shape index (κ1) is 11.9. The molecule has 2 rings (SSSR count). The maximum absolute atomic E-state index is 12.2. The number of carbonyl (C=O) groups excluding carboxylic acids is 1. The summed E-state index contributed by atoms with van der Waals surface area (Å²) in [6.45, 7) is 9.14. The minimum absolute atomic E-state index is 0.0580. The number of nitrogens with zero attached hydrogens (tertiary/aromatic N) is 2. The summed E-state index contributed by atoms with van der Waals surface area (Å²) >= 11 is 0. The van der Waals surface area contributed by atoms with E-state index in [0.29, 0.717) is 11.9 Å². The molecule has 0 saturated carbocycles. The average molecular weight is 225 g/mol. The van der Waals surface area contributed by atoms with Crippen molar-refractivity contribution in [1.82, 2.24) is 15.1 Å². The Kier molecular flexibility index (Phi) is 3.82. The van der Waals surface area contributed by atoms with E-state index in [4.69, 9.17) is 0 Å². The molecule has 0 aromatic carbocycles. The predicted octanol–water partition coefficient (Wildman–Crippen LogP) is 0.291. The van der Waals surface area contributed by atoms with E-state index in [-0.39, 0.29) is 6.04 Å². The topological polar surface area (TPSA) is 35.6 Å². The lowest BCUT2D eigenvalue weighted by molar-refractivity contribution is -0.135. The normalized spacial score (nSPS) is 29.4. The zero-order valence-corrected chi connectivity index (χ0v) is 10.4. The van der Waals surface area contributed by atoms with Gasteiger partial charge in [0.2, 0.25) is 5.91 Å². The number of carbonyl (C=O) groups is 1. The lowest BCUT2D eigenvalue weighted by Gasteiger charge is -2.36. The Labute approximate surface area is 98.0 Å². The van der Waals surface area contributed by atoms with Crippen LogP contribution in [0.2, 0.25) is 0 Å². The van der Waals surface area contributed by atoms with Gasteiger partial charge in [0.15, 0.2) is 0 Å². The Morgan fingerprint density at radius 3 is 2.62 bits per heavy atom. The summed E-state index contributed by atoms with van der Waals surface area (Å²) in [6, 6.07) is 0.560. The summed E-state index contributed by atoms with van der Waals surface area (Å²) in [4.78, 5) is 16.5. The Morgan fingerprint density at radius 1 is 1.31 bits per heavy atom. The number of nitrogens with one attached hydrogen (secondary N) is 1. The van der Waals surface area contributed by atoms with Crippen molar-refractivity contribution in [1.29, 1.82) is 0 Å². The van der Waals surface area contributed by atoms with Crippen LogP contribution < -0.4 is 5.32 Å². The fraction of sp³-hybridized carbons (Fsp3) is 0.917. The number of hydrogen-bond donors (Lipinski definition) is 1. The third kappa shape index (κ3) is 2.55. The lowest BCUT2D eigenvalue weighted by Crippen LogP contribution is -2.56. The summed E-state index contributed by atoms with van der Waals surface area (Å²) in [5.74, 6) is 0.326. The van der Waals surface area contributed by atoms with Crippen LogP contribution in [0.1, 0.15) is 26.7 Å². The molecule has 0 bridgehead atoms. The van der Waals surface area contributed by atoms with Crippen LogP contribution in [0.3, 0.4) is 0 Å². The van der Waals surface area contributed by atoms with Gasteiger partial charge in [-0.25, -0.2) is 0 Å². The third-order valence-corrected chi connectivity index (χ3v) is 3.72. The van der Waals surface area contributed by atoms with E-state index in [1.807, 2.05) is 4.90 Å². The van der Waals surface area contributed by atoms with Crippen LogP contribution in [0, 0.1) is 0 Å². The Bertz CT molecular complexity index is 251. The van der Waals surface area contributed by atoms with Crippen LogP contribution >= 0.6 is 0 Å². The first-order valence-corrected chi connectivity index (χ1v) is 6.44. The number of piperazine rings is 1. The molecular weight excluding hydrogens is 202 g/mol. The Morgan fingerprint density at radius 2 is 2.00 bits per heavy atom. The van der Waals surface area contributed by atoms with Crippen LogP contribution in [0.15, 0.2) is 0 Å². The van der Waals surface area contributed by atoms with Crippen molar-refractivity contribution in [3.8, 4) is 0 Å². The standard InChI is InChI=1S/C12H23N3O/c1-10-9-15(8-5-13-10)11(2)12(16)14-6-3-4-7-14/h10-11,13H,3-9H2,1-2H3/t10-,11?/m0/s1. The van der Waals surface area contributed by atoms with Gasteiger partial charge in [0, 0.05) is 38.8 Å². The second kappa shape index (κ2) is 5.15. The Hall–Kier alpha value is -0.610. The minimum atomic E-state index is 0.0580. The van der Waals surface area contributed by atoms with Gasteiger partial charge >= 0.3 is 0 Å². The number of rotatable bonds is 2. The molecule has 1 N–H and O–H groups in total. The van der Waals surface area contributed by atoms with Crippen molar-refractivity contribution >= 4 is 5.91 Å². The molecule has 1 unspecified atom stereocenters. The fourth-order valence-corrected chi connectivity index (χ4v) is 2.67. The van der Waals surface area contributed by atoms with Crippen molar-refractivity contribution in [3.63, 3.8) is 0 Å². The minimum Gasteiger partial charge on any atom is -0.341 e. The maximum Gasteiger partial charge on any atom is 0.239 e. The molecule has 0 aliphatic carbocycles. The third-order valence-electron chi connectivity index (χ3n) is 3.72. The lowest BCUT2D eigenvalue weighted by atomic mass is 10.1. The van der Waals surface area contributed by atoms with Crippen molar-refractivity contribution in [2.75, 3.05) is 32.7 Å². The Balaban J connectivity index is 1.89. The molecule has 0 spiro atoms. The van der Waals surface area contributed by atoms with Gasteiger partial charge in [-0.2, -0.15) is 0 Å². The molecule has 16 heavy (non-hydrogen) atoms. The molecule has 0 aromatic heterocycles. The van der Waals surface area contributed by atoms with Gasteiger partial charge in [-0.1, -0.05) is 0 Å². The highest BCUT2D eigenvalue weighted by Crippen LogP contribution is 2.13. The molecule has 1 amide bonds. The van der Waals surface area contributed by atoms with Crippen LogP contribution in [-0.2, 0) is 4.79 Å². The van der Waals surface area contributed by atoms with Gasteiger partial charge in [-0.05, 0) is 26.7 Å². The van der Waals surface area contributed by atoms with Crippen molar-refractivity contribution in [3.05, 3.63) is 0 Å². The molecule has 92 valence electrons. The molecule has 0 radical (unpaired) electrons. The molecular formula is C12H23N3O. The van der Waals surface area contributed by atoms with Crippen LogP contribution in [0.5, 0.6) is 0 Å². The van der Waals surface area contributed by atoms with Gasteiger partial charge in [-0.3, -0.25) is 9.69 Å². The molecule has 2 aliphatic heterocycles. The van der Waals surface area contributed by atoms with E-state index in [0.717, 1.165) is 32.7 Å². The van der Waals surface area contributed by atoms with E-state index < -0.39 is 0 Å². The second-order valence-electron chi connectivity index (χ2n) is 5.06. The van der Waals surface area contributed by atoms with Crippen LogP contribution in [0.4, 0.5) is 0 Å². The van der Waals surface area contributed by atoms with E-state index >= 15 is 0 Å². The van der Waals surface area contributed by atoms with Crippen LogP contribution in [-0.4, -0.2) is 60.5 Å². The van der Waals surface area contributed by atoms with Gasteiger partial charge in [0.25, 0.3) is 0 Å². The largest absolute Gasteiger partial charge is 0.341 e. The zero-order valence-electron chi connectivity index (χ0n) is 10.4. The molecule has 2 heterocycles. The van der Waals surface area contributed by atoms with E-state index in [2.05, 4.69) is 24.1 Å². The van der Waals surface area contributed by atoms with E-state index in [9.17, 15) is 4.79 Å².